The third kappa shape index (κ3) is 2.81. The Balaban J connectivity index is 4.64. The van der Waals surface area contributed by atoms with Gasteiger partial charge in [-0.05, 0) is 0 Å². The maximum Gasteiger partial charge on any atom is 0.312 e. The van der Waals surface area contributed by atoms with E-state index in [1.54, 1.807) is 0 Å². The first-order chi connectivity index (χ1) is 6.56. The second kappa shape index (κ2) is 5.76. The molecule has 0 heterocycles. The molecule has 7 nitrogen and oxygen atoms in total. The van der Waals surface area contributed by atoms with Crippen LogP contribution in [0.15, 0.2) is 0 Å². The fraction of sp³-hybridized carbons (Fsp3) is 0.857. The summed E-state index contributed by atoms with van der Waals surface area (Å²) in [5, 5.41) is 37.9. The number of amides is 2. The molecule has 0 aliphatic carbocycles. The number of hydrogen-bond acceptors (Lipinski definition) is 5. The van der Waals surface area contributed by atoms with E-state index in [2.05, 4.69) is 5.32 Å². The minimum absolute atomic E-state index is 0.537. The van der Waals surface area contributed by atoms with Gasteiger partial charge in [-0.15, -0.1) is 0 Å². The fourth-order valence-electron chi connectivity index (χ4n) is 1.04. The molecule has 0 bridgehead atoms. The topological polar surface area (TPSA) is 136 Å². The van der Waals surface area contributed by atoms with E-state index < -0.39 is 43.9 Å². The van der Waals surface area contributed by atoms with Crippen LogP contribution in [0.4, 0.5) is 4.79 Å². The Kier molecular flexibility index (Phi) is 5.39. The van der Waals surface area contributed by atoms with E-state index in [9.17, 15) is 4.79 Å². The van der Waals surface area contributed by atoms with Gasteiger partial charge in [-0.2, -0.15) is 0 Å². The maximum absolute atomic E-state index is 10.5. The molecule has 0 aromatic carbocycles. The van der Waals surface area contributed by atoms with E-state index >= 15 is 0 Å². The zero-order chi connectivity index (χ0) is 11.2. The Morgan fingerprint density at radius 2 is 1.64 bits per heavy atom. The minimum atomic E-state index is -1.37. The standard InChI is InChI=1S/C7H16N2O5/c8-6(14)9-5(1-10)7(2-11,3-12)4-13/h5,10-13H,1-4H2,(H3,8,9,14). The maximum atomic E-state index is 10.5. The zero-order valence-electron chi connectivity index (χ0n) is 7.68. The van der Waals surface area contributed by atoms with Crippen molar-refractivity contribution in [2.45, 2.75) is 6.04 Å². The number of hydrogen-bond donors (Lipinski definition) is 6. The highest BCUT2D eigenvalue weighted by Gasteiger charge is 2.38. The van der Waals surface area contributed by atoms with Gasteiger partial charge in [-0.25, -0.2) is 4.79 Å². The number of aliphatic hydroxyl groups is 4. The molecule has 0 saturated carbocycles. The van der Waals surface area contributed by atoms with Crippen molar-refractivity contribution in [2.75, 3.05) is 26.4 Å². The predicted molar refractivity (Wildman–Crippen MR) is 47.3 cm³/mol. The first kappa shape index (κ1) is 13.1. The van der Waals surface area contributed by atoms with Crippen LogP contribution in [0.5, 0.6) is 0 Å². The van der Waals surface area contributed by atoms with Crippen molar-refractivity contribution in [1.82, 2.24) is 5.32 Å². The number of carbonyl (C=O) groups is 1. The molecule has 1 unspecified atom stereocenters. The summed E-state index contributed by atoms with van der Waals surface area (Å²) >= 11 is 0. The monoisotopic (exact) mass is 208 g/mol. The van der Waals surface area contributed by atoms with Gasteiger partial charge >= 0.3 is 6.03 Å². The van der Waals surface area contributed by atoms with Gasteiger partial charge in [0.15, 0.2) is 0 Å². The van der Waals surface area contributed by atoms with E-state index in [1.807, 2.05) is 0 Å². The fourth-order valence-corrected chi connectivity index (χ4v) is 1.04. The number of carbonyl (C=O) groups excluding carboxylic acids is 1. The van der Waals surface area contributed by atoms with E-state index in [-0.39, 0.29) is 0 Å². The van der Waals surface area contributed by atoms with Crippen molar-refractivity contribution in [3.8, 4) is 0 Å². The average molecular weight is 208 g/mol. The molecule has 0 aromatic rings. The van der Waals surface area contributed by atoms with Gasteiger partial charge in [0, 0.05) is 0 Å². The molecule has 0 saturated heterocycles. The van der Waals surface area contributed by atoms with Gasteiger partial charge in [0.05, 0.1) is 37.9 Å². The number of nitrogens with two attached hydrogens (primary N) is 1. The summed E-state index contributed by atoms with van der Waals surface area (Å²) < 4.78 is 0. The third-order valence-corrected chi connectivity index (χ3v) is 2.18. The molecule has 0 aliphatic rings. The Labute approximate surface area is 81.2 Å². The van der Waals surface area contributed by atoms with Crippen LogP contribution < -0.4 is 11.1 Å². The van der Waals surface area contributed by atoms with Crippen LogP contribution in [0.2, 0.25) is 0 Å². The second-order valence-electron chi connectivity index (χ2n) is 3.08. The Hall–Kier alpha value is -0.890. The molecular formula is C7H16N2O5. The Morgan fingerprint density at radius 1 is 1.21 bits per heavy atom. The second-order valence-corrected chi connectivity index (χ2v) is 3.08. The highest BCUT2D eigenvalue weighted by molar-refractivity contribution is 5.72. The summed E-state index contributed by atoms with van der Waals surface area (Å²) in [5.74, 6) is 0. The van der Waals surface area contributed by atoms with Gasteiger partial charge in [0.25, 0.3) is 0 Å². The van der Waals surface area contributed by atoms with Crippen LogP contribution >= 0.6 is 0 Å². The van der Waals surface area contributed by atoms with Crippen LogP contribution in [0.1, 0.15) is 0 Å². The van der Waals surface area contributed by atoms with Gasteiger partial charge in [0.2, 0.25) is 0 Å². The molecule has 1 atom stereocenters. The summed E-state index contributed by atoms with van der Waals surface area (Å²) in [6, 6.07) is -1.89. The zero-order valence-corrected chi connectivity index (χ0v) is 7.68. The van der Waals surface area contributed by atoms with E-state index in [1.165, 1.54) is 0 Å². The van der Waals surface area contributed by atoms with Crippen molar-refractivity contribution in [1.29, 1.82) is 0 Å². The molecular weight excluding hydrogens is 192 g/mol. The predicted octanol–water partition coefficient (Wildman–Crippen LogP) is -3.02. The van der Waals surface area contributed by atoms with E-state index in [4.69, 9.17) is 26.2 Å². The lowest BCUT2D eigenvalue weighted by atomic mass is 9.83. The quantitative estimate of drug-likeness (QED) is 0.276. The van der Waals surface area contributed by atoms with Crippen LogP contribution in [0, 0.1) is 5.41 Å². The van der Waals surface area contributed by atoms with Crippen LogP contribution in [-0.2, 0) is 0 Å². The van der Waals surface area contributed by atoms with Gasteiger partial charge in [-0.1, -0.05) is 0 Å². The number of nitrogens with one attached hydrogen (secondary N) is 1. The lowest BCUT2D eigenvalue weighted by Gasteiger charge is -2.35. The van der Waals surface area contributed by atoms with Crippen LogP contribution in [0.3, 0.4) is 0 Å². The number of primary amides is 1. The van der Waals surface area contributed by atoms with E-state index in [0.717, 1.165) is 0 Å². The summed E-state index contributed by atoms with van der Waals surface area (Å²) in [4.78, 5) is 10.5. The Morgan fingerprint density at radius 3 is 1.86 bits per heavy atom. The molecule has 0 fully saturated rings. The summed E-state index contributed by atoms with van der Waals surface area (Å²) in [7, 11) is 0. The lowest BCUT2D eigenvalue weighted by Crippen LogP contribution is -2.56. The molecule has 0 aromatic heterocycles. The first-order valence-electron chi connectivity index (χ1n) is 4.05. The van der Waals surface area contributed by atoms with Gasteiger partial charge in [0.1, 0.15) is 0 Å². The molecule has 0 aliphatic heterocycles. The normalized spacial score (nSPS) is 13.7. The highest BCUT2D eigenvalue weighted by Crippen LogP contribution is 2.19. The highest BCUT2D eigenvalue weighted by atomic mass is 16.3. The number of aliphatic hydroxyl groups excluding tert-OH is 4. The molecule has 14 heavy (non-hydrogen) atoms. The molecule has 2 amide bonds. The minimum Gasteiger partial charge on any atom is -0.396 e. The largest absolute Gasteiger partial charge is 0.396 e. The Bertz CT molecular complexity index is 175. The summed E-state index contributed by atoms with van der Waals surface area (Å²) in [5.41, 5.74) is 3.45. The van der Waals surface area contributed by atoms with Crippen molar-refractivity contribution < 1.29 is 25.2 Å². The SMILES string of the molecule is NC(=O)NC(CO)C(CO)(CO)CO. The van der Waals surface area contributed by atoms with Gasteiger partial charge in [-0.3, -0.25) is 0 Å². The van der Waals surface area contributed by atoms with Crippen LogP contribution in [-0.4, -0.2) is 58.9 Å². The van der Waals surface area contributed by atoms with Crippen molar-refractivity contribution >= 4 is 6.03 Å². The van der Waals surface area contributed by atoms with Crippen molar-refractivity contribution in [2.24, 2.45) is 11.1 Å². The molecule has 0 radical (unpaired) electrons. The van der Waals surface area contributed by atoms with Gasteiger partial charge < -0.3 is 31.5 Å². The van der Waals surface area contributed by atoms with E-state index in [0.29, 0.717) is 0 Å². The molecule has 7 N–H and O–H groups in total. The van der Waals surface area contributed by atoms with Crippen molar-refractivity contribution in [3.05, 3.63) is 0 Å². The molecule has 0 rings (SSSR count). The molecule has 0 spiro atoms. The first-order valence-corrected chi connectivity index (χ1v) is 4.05. The molecule has 84 valence electrons. The van der Waals surface area contributed by atoms with Crippen molar-refractivity contribution in [3.63, 3.8) is 0 Å². The lowest BCUT2D eigenvalue weighted by molar-refractivity contribution is -0.0325. The average Bonchev–Trinajstić information content (AvgIpc) is 2.19. The summed E-state index contributed by atoms with van der Waals surface area (Å²) in [6.45, 7) is -2.27. The third-order valence-electron chi connectivity index (χ3n) is 2.18. The number of urea groups is 1. The molecule has 7 heteroatoms. The van der Waals surface area contributed by atoms with Crippen LogP contribution in [0.25, 0.3) is 0 Å². The smallest absolute Gasteiger partial charge is 0.312 e. The summed E-state index contributed by atoms with van der Waals surface area (Å²) in [6.07, 6.45) is 0. The number of rotatable bonds is 6.